The van der Waals surface area contributed by atoms with E-state index in [2.05, 4.69) is 50.7 Å². The Hall–Kier alpha value is -1.32. The van der Waals surface area contributed by atoms with Crippen LogP contribution in [0.15, 0.2) is 11.1 Å². The SMILES string of the molecule is CCC/N=c1/nc(C(C)C)cc(C(C)C)n1N. The maximum Gasteiger partial charge on any atom is 0.244 e. The van der Waals surface area contributed by atoms with E-state index in [0.29, 0.717) is 17.5 Å². The summed E-state index contributed by atoms with van der Waals surface area (Å²) in [4.78, 5) is 8.96. The molecule has 2 N–H and O–H groups in total. The summed E-state index contributed by atoms with van der Waals surface area (Å²) in [5.41, 5.74) is 2.78. The van der Waals surface area contributed by atoms with Crippen LogP contribution in [-0.2, 0) is 0 Å². The first-order valence-corrected chi connectivity index (χ1v) is 6.36. The van der Waals surface area contributed by atoms with Crippen molar-refractivity contribution in [2.45, 2.75) is 52.9 Å². The van der Waals surface area contributed by atoms with Gasteiger partial charge in [0.15, 0.2) is 0 Å². The first kappa shape index (κ1) is 13.7. The molecule has 0 spiro atoms. The highest BCUT2D eigenvalue weighted by atomic mass is 15.3. The molecule has 1 heterocycles. The van der Waals surface area contributed by atoms with Crippen LogP contribution >= 0.6 is 0 Å². The predicted molar refractivity (Wildman–Crippen MR) is 71.3 cm³/mol. The predicted octanol–water partition coefficient (Wildman–Crippen LogP) is 2.15. The average molecular weight is 236 g/mol. The molecule has 0 fully saturated rings. The van der Waals surface area contributed by atoms with Gasteiger partial charge in [0.1, 0.15) is 0 Å². The molecule has 96 valence electrons. The Labute approximate surface area is 104 Å². The van der Waals surface area contributed by atoms with Crippen molar-refractivity contribution in [1.82, 2.24) is 9.66 Å². The summed E-state index contributed by atoms with van der Waals surface area (Å²) < 4.78 is 1.62. The fourth-order valence-corrected chi connectivity index (χ4v) is 1.60. The molecule has 0 aliphatic carbocycles. The molecular formula is C13H24N4. The van der Waals surface area contributed by atoms with Gasteiger partial charge in [-0.25, -0.2) is 14.7 Å². The van der Waals surface area contributed by atoms with Gasteiger partial charge in [-0.2, -0.15) is 0 Å². The molecule has 4 nitrogen and oxygen atoms in total. The van der Waals surface area contributed by atoms with Gasteiger partial charge in [-0.3, -0.25) is 0 Å². The number of nitrogen functional groups attached to an aromatic ring is 1. The second-order valence-electron chi connectivity index (χ2n) is 4.97. The van der Waals surface area contributed by atoms with Crippen molar-refractivity contribution in [3.63, 3.8) is 0 Å². The van der Waals surface area contributed by atoms with Gasteiger partial charge in [0, 0.05) is 17.9 Å². The molecule has 1 aromatic heterocycles. The standard InChI is InChI=1S/C13H24N4/c1-6-7-15-13-16-11(9(2)3)8-12(10(4)5)17(13)14/h8-10H,6-7,14H2,1-5H3/b15-13-. The minimum atomic E-state index is 0.371. The number of nitrogens with zero attached hydrogens (tertiary/aromatic N) is 3. The second kappa shape index (κ2) is 5.84. The topological polar surface area (TPSA) is 56.2 Å². The molecule has 0 radical (unpaired) electrons. The fraction of sp³-hybridized carbons (Fsp3) is 0.692. The van der Waals surface area contributed by atoms with Crippen molar-refractivity contribution in [2.24, 2.45) is 4.99 Å². The number of hydrogen-bond acceptors (Lipinski definition) is 3. The third-order valence-electron chi connectivity index (χ3n) is 2.68. The van der Waals surface area contributed by atoms with Crippen LogP contribution < -0.4 is 11.5 Å². The maximum absolute atomic E-state index is 6.05. The molecule has 0 saturated carbocycles. The second-order valence-corrected chi connectivity index (χ2v) is 4.97. The Morgan fingerprint density at radius 3 is 2.41 bits per heavy atom. The molecule has 0 atom stereocenters. The third-order valence-corrected chi connectivity index (χ3v) is 2.68. The molecule has 1 aromatic rings. The monoisotopic (exact) mass is 236 g/mol. The highest BCUT2D eigenvalue weighted by molar-refractivity contribution is 5.15. The number of hydrogen-bond donors (Lipinski definition) is 1. The molecule has 0 aliphatic rings. The van der Waals surface area contributed by atoms with Crippen LogP contribution in [0, 0.1) is 0 Å². The van der Waals surface area contributed by atoms with Gasteiger partial charge in [0.2, 0.25) is 5.62 Å². The quantitative estimate of drug-likeness (QED) is 0.814. The van der Waals surface area contributed by atoms with Gasteiger partial charge in [0.05, 0.1) is 0 Å². The molecule has 0 amide bonds. The summed E-state index contributed by atoms with van der Waals surface area (Å²) in [5, 5.41) is 0. The van der Waals surface area contributed by atoms with E-state index in [1.54, 1.807) is 4.68 Å². The van der Waals surface area contributed by atoms with Crippen LogP contribution in [0.3, 0.4) is 0 Å². The van der Waals surface area contributed by atoms with Gasteiger partial charge in [-0.15, -0.1) is 0 Å². The summed E-state index contributed by atoms with van der Waals surface area (Å²) in [5.74, 6) is 6.82. The van der Waals surface area contributed by atoms with Crippen molar-refractivity contribution in [2.75, 3.05) is 12.4 Å². The van der Waals surface area contributed by atoms with E-state index >= 15 is 0 Å². The summed E-state index contributed by atoms with van der Waals surface area (Å²) in [6, 6.07) is 2.08. The molecule has 4 heteroatoms. The normalized spacial score (nSPS) is 12.8. The van der Waals surface area contributed by atoms with E-state index in [1.165, 1.54) is 0 Å². The van der Waals surface area contributed by atoms with E-state index in [0.717, 1.165) is 24.4 Å². The Morgan fingerprint density at radius 2 is 1.94 bits per heavy atom. The van der Waals surface area contributed by atoms with Crippen LogP contribution in [0.4, 0.5) is 0 Å². The van der Waals surface area contributed by atoms with Crippen molar-refractivity contribution >= 4 is 0 Å². The van der Waals surface area contributed by atoms with Gasteiger partial charge in [-0.1, -0.05) is 34.6 Å². The zero-order chi connectivity index (χ0) is 13.0. The lowest BCUT2D eigenvalue weighted by molar-refractivity contribution is 0.662. The smallest absolute Gasteiger partial charge is 0.244 e. The number of aromatic nitrogens is 2. The fourth-order valence-electron chi connectivity index (χ4n) is 1.60. The minimum Gasteiger partial charge on any atom is -0.336 e. The van der Waals surface area contributed by atoms with E-state index in [4.69, 9.17) is 5.84 Å². The van der Waals surface area contributed by atoms with Gasteiger partial charge in [0.25, 0.3) is 0 Å². The van der Waals surface area contributed by atoms with Crippen LogP contribution in [-0.4, -0.2) is 16.2 Å². The zero-order valence-electron chi connectivity index (χ0n) is 11.6. The summed E-state index contributed by atoms with van der Waals surface area (Å²) in [6.07, 6.45) is 1.00. The van der Waals surface area contributed by atoms with Crippen molar-refractivity contribution in [3.8, 4) is 0 Å². The Morgan fingerprint density at radius 1 is 1.29 bits per heavy atom. The summed E-state index contributed by atoms with van der Waals surface area (Å²) >= 11 is 0. The maximum atomic E-state index is 6.05. The van der Waals surface area contributed by atoms with Crippen molar-refractivity contribution < 1.29 is 0 Å². The Bertz CT molecular complexity index is 430. The van der Waals surface area contributed by atoms with Gasteiger partial charge < -0.3 is 5.84 Å². The molecular weight excluding hydrogens is 212 g/mol. The third kappa shape index (κ3) is 3.32. The summed E-state index contributed by atoms with van der Waals surface area (Å²) in [6.45, 7) is 11.4. The molecule has 0 saturated heterocycles. The lowest BCUT2D eigenvalue weighted by atomic mass is 10.1. The molecule has 17 heavy (non-hydrogen) atoms. The molecule has 0 bridgehead atoms. The molecule has 0 aliphatic heterocycles. The van der Waals surface area contributed by atoms with Crippen LogP contribution in [0.5, 0.6) is 0 Å². The minimum absolute atomic E-state index is 0.371. The molecule has 1 rings (SSSR count). The molecule has 0 aromatic carbocycles. The molecule has 0 unspecified atom stereocenters. The number of rotatable bonds is 4. The van der Waals surface area contributed by atoms with Crippen LogP contribution in [0.25, 0.3) is 0 Å². The Balaban J connectivity index is 3.38. The van der Waals surface area contributed by atoms with Gasteiger partial charge in [-0.05, 0) is 24.3 Å². The first-order chi connectivity index (χ1) is 7.97. The average Bonchev–Trinajstić information content (AvgIpc) is 2.26. The largest absolute Gasteiger partial charge is 0.336 e. The highest BCUT2D eigenvalue weighted by Gasteiger charge is 2.10. The van der Waals surface area contributed by atoms with Crippen molar-refractivity contribution in [3.05, 3.63) is 23.1 Å². The number of nitrogens with two attached hydrogens (primary N) is 1. The first-order valence-electron chi connectivity index (χ1n) is 6.36. The van der Waals surface area contributed by atoms with E-state index in [-0.39, 0.29) is 0 Å². The van der Waals surface area contributed by atoms with Gasteiger partial charge >= 0.3 is 0 Å². The van der Waals surface area contributed by atoms with E-state index < -0.39 is 0 Å². The highest BCUT2D eigenvalue weighted by Crippen LogP contribution is 2.16. The lowest BCUT2D eigenvalue weighted by Crippen LogP contribution is -2.35. The van der Waals surface area contributed by atoms with Crippen molar-refractivity contribution in [1.29, 1.82) is 0 Å². The Kier molecular flexibility index (Phi) is 4.73. The summed E-state index contributed by atoms with van der Waals surface area (Å²) in [7, 11) is 0. The van der Waals surface area contributed by atoms with Crippen LogP contribution in [0.1, 0.15) is 64.3 Å². The van der Waals surface area contributed by atoms with E-state index in [9.17, 15) is 0 Å². The lowest BCUT2D eigenvalue weighted by Gasteiger charge is -2.15. The van der Waals surface area contributed by atoms with E-state index in [1.807, 2.05) is 0 Å². The van der Waals surface area contributed by atoms with Crippen LogP contribution in [0.2, 0.25) is 0 Å². The zero-order valence-corrected chi connectivity index (χ0v) is 11.6.